The predicted molar refractivity (Wildman–Crippen MR) is 50.2 cm³/mol. The third kappa shape index (κ3) is 2.38. The second kappa shape index (κ2) is 4.32. The van der Waals surface area contributed by atoms with E-state index in [0.717, 1.165) is 5.56 Å². The Kier molecular flexibility index (Phi) is 3.36. The Morgan fingerprint density at radius 1 is 1.50 bits per heavy atom. The van der Waals surface area contributed by atoms with Gasteiger partial charge in [0.15, 0.2) is 0 Å². The summed E-state index contributed by atoms with van der Waals surface area (Å²) in [5.74, 6) is 5.48. The van der Waals surface area contributed by atoms with Gasteiger partial charge in [-0.2, -0.15) is 0 Å². The summed E-state index contributed by atoms with van der Waals surface area (Å²) < 4.78 is 0. The summed E-state index contributed by atoms with van der Waals surface area (Å²) in [6.45, 7) is 0.320. The normalized spacial score (nSPS) is 8.92. The molecule has 0 fully saturated rings. The van der Waals surface area contributed by atoms with Crippen molar-refractivity contribution in [2.45, 2.75) is 0 Å². The monoisotopic (exact) mass is 200 g/mol. The fraction of sp³-hybridized carbons (Fsp3) is 0.125. The van der Waals surface area contributed by atoms with Crippen LogP contribution in [0.3, 0.4) is 0 Å². The summed E-state index contributed by atoms with van der Waals surface area (Å²) in [7, 11) is 0. The second-order valence-corrected chi connectivity index (χ2v) is 2.77. The maximum Gasteiger partial charge on any atom is 0.147 e. The van der Waals surface area contributed by atoms with Gasteiger partial charge in [0.25, 0.3) is 0 Å². The molecule has 1 rings (SSSR count). The van der Waals surface area contributed by atoms with E-state index < -0.39 is 0 Å². The minimum absolute atomic E-state index is 0.287. The molecule has 0 radical (unpaired) electrons. The van der Waals surface area contributed by atoms with E-state index in [1.165, 1.54) is 0 Å². The molecule has 0 aliphatic heterocycles. The van der Waals surface area contributed by atoms with Crippen LogP contribution in [0.1, 0.15) is 5.56 Å². The summed E-state index contributed by atoms with van der Waals surface area (Å²) >= 11 is 11.3. The minimum Gasteiger partial charge on any atom is -0.320 e. The lowest BCUT2D eigenvalue weighted by Gasteiger charge is -1.93. The molecule has 2 N–H and O–H groups in total. The zero-order valence-electron chi connectivity index (χ0n) is 6.14. The number of hydrogen-bond acceptors (Lipinski definition) is 2. The fourth-order valence-electron chi connectivity index (χ4n) is 0.643. The summed E-state index contributed by atoms with van der Waals surface area (Å²) in [5.41, 5.74) is 5.91. The van der Waals surface area contributed by atoms with Gasteiger partial charge in [0, 0.05) is 11.8 Å². The molecule has 1 aromatic rings. The number of nitrogens with zero attached hydrogens (tertiary/aromatic N) is 1. The topological polar surface area (TPSA) is 38.9 Å². The maximum absolute atomic E-state index is 5.70. The SMILES string of the molecule is NCC#Cc1cnc(Cl)c(Cl)c1. The van der Waals surface area contributed by atoms with E-state index in [-0.39, 0.29) is 5.15 Å². The molecular formula is C8H6Cl2N2. The Balaban J connectivity index is 2.97. The molecule has 12 heavy (non-hydrogen) atoms. The van der Waals surface area contributed by atoms with Gasteiger partial charge in [0.05, 0.1) is 11.6 Å². The van der Waals surface area contributed by atoms with Gasteiger partial charge in [-0.15, -0.1) is 0 Å². The predicted octanol–water partition coefficient (Wildman–Crippen LogP) is 1.70. The third-order valence-electron chi connectivity index (χ3n) is 1.13. The average molecular weight is 201 g/mol. The highest BCUT2D eigenvalue weighted by Gasteiger charge is 1.97. The first-order valence-electron chi connectivity index (χ1n) is 3.24. The van der Waals surface area contributed by atoms with Gasteiger partial charge in [-0.3, -0.25) is 0 Å². The highest BCUT2D eigenvalue weighted by Crippen LogP contribution is 2.18. The van der Waals surface area contributed by atoms with Gasteiger partial charge in [-0.05, 0) is 6.07 Å². The van der Waals surface area contributed by atoms with E-state index in [2.05, 4.69) is 16.8 Å². The quantitative estimate of drug-likeness (QED) is 0.512. The Labute approximate surface area is 80.7 Å². The fourth-order valence-corrected chi connectivity index (χ4v) is 0.912. The van der Waals surface area contributed by atoms with Crippen molar-refractivity contribution in [2.75, 3.05) is 6.54 Å². The van der Waals surface area contributed by atoms with Crippen molar-refractivity contribution in [3.8, 4) is 11.8 Å². The number of aromatic nitrogens is 1. The lowest BCUT2D eigenvalue weighted by atomic mass is 10.3. The van der Waals surface area contributed by atoms with E-state index in [1.807, 2.05) is 0 Å². The van der Waals surface area contributed by atoms with Crippen LogP contribution in [0.4, 0.5) is 0 Å². The molecule has 0 aliphatic carbocycles. The van der Waals surface area contributed by atoms with Crippen molar-refractivity contribution < 1.29 is 0 Å². The Bertz CT molecular complexity index is 339. The van der Waals surface area contributed by atoms with E-state index >= 15 is 0 Å². The third-order valence-corrected chi connectivity index (χ3v) is 1.82. The molecule has 0 aromatic carbocycles. The largest absolute Gasteiger partial charge is 0.320 e. The zero-order chi connectivity index (χ0) is 8.97. The molecule has 0 saturated carbocycles. The van der Waals surface area contributed by atoms with Crippen LogP contribution in [0, 0.1) is 11.8 Å². The molecule has 2 nitrogen and oxygen atoms in total. The standard InChI is InChI=1S/C8H6Cl2N2/c9-7-4-6(2-1-3-11)5-12-8(7)10/h4-5H,3,11H2. The van der Waals surface area contributed by atoms with Crippen LogP contribution in [-0.2, 0) is 0 Å². The number of rotatable bonds is 0. The molecular weight excluding hydrogens is 195 g/mol. The van der Waals surface area contributed by atoms with Gasteiger partial charge >= 0.3 is 0 Å². The first kappa shape index (κ1) is 9.34. The number of nitrogens with two attached hydrogens (primary N) is 1. The summed E-state index contributed by atoms with van der Waals surface area (Å²) in [5, 5.41) is 0.690. The highest BCUT2D eigenvalue weighted by molar-refractivity contribution is 6.41. The smallest absolute Gasteiger partial charge is 0.147 e. The van der Waals surface area contributed by atoms with Gasteiger partial charge < -0.3 is 5.73 Å². The first-order valence-corrected chi connectivity index (χ1v) is 3.99. The molecule has 0 spiro atoms. The van der Waals surface area contributed by atoms with E-state index in [0.29, 0.717) is 11.6 Å². The van der Waals surface area contributed by atoms with Crippen LogP contribution in [0.2, 0.25) is 10.2 Å². The van der Waals surface area contributed by atoms with Gasteiger partial charge in [-0.1, -0.05) is 35.0 Å². The number of pyridine rings is 1. The van der Waals surface area contributed by atoms with Crippen LogP contribution < -0.4 is 5.73 Å². The molecule has 62 valence electrons. The zero-order valence-corrected chi connectivity index (χ0v) is 7.65. The molecule has 0 bridgehead atoms. The lowest BCUT2D eigenvalue weighted by molar-refractivity contribution is 1.29. The molecule has 0 unspecified atom stereocenters. The van der Waals surface area contributed by atoms with Gasteiger partial charge in [-0.25, -0.2) is 4.98 Å². The highest BCUT2D eigenvalue weighted by atomic mass is 35.5. The van der Waals surface area contributed by atoms with Gasteiger partial charge in [0.2, 0.25) is 0 Å². The first-order chi connectivity index (χ1) is 5.74. The van der Waals surface area contributed by atoms with Crippen molar-refractivity contribution in [2.24, 2.45) is 5.73 Å². The van der Waals surface area contributed by atoms with Crippen LogP contribution >= 0.6 is 23.2 Å². The summed E-state index contributed by atoms with van der Waals surface area (Å²) in [6, 6.07) is 1.65. The van der Waals surface area contributed by atoms with Crippen molar-refractivity contribution in [1.82, 2.24) is 4.98 Å². The van der Waals surface area contributed by atoms with E-state index in [9.17, 15) is 0 Å². The molecule has 0 atom stereocenters. The van der Waals surface area contributed by atoms with E-state index in [1.54, 1.807) is 12.3 Å². The molecule has 1 heterocycles. The molecule has 0 saturated heterocycles. The van der Waals surface area contributed by atoms with Crippen molar-refractivity contribution >= 4 is 23.2 Å². The van der Waals surface area contributed by atoms with Crippen molar-refractivity contribution in [3.05, 3.63) is 28.0 Å². The Morgan fingerprint density at radius 2 is 2.25 bits per heavy atom. The summed E-state index contributed by atoms with van der Waals surface area (Å²) in [4.78, 5) is 3.82. The van der Waals surface area contributed by atoms with Gasteiger partial charge in [0.1, 0.15) is 5.15 Å². The number of hydrogen-bond donors (Lipinski definition) is 1. The molecule has 4 heteroatoms. The maximum atomic E-state index is 5.70. The minimum atomic E-state index is 0.287. The number of halogens is 2. The molecule has 0 amide bonds. The lowest BCUT2D eigenvalue weighted by Crippen LogP contribution is -1.93. The molecule has 0 aliphatic rings. The van der Waals surface area contributed by atoms with Crippen LogP contribution in [0.25, 0.3) is 0 Å². The van der Waals surface area contributed by atoms with Crippen molar-refractivity contribution in [3.63, 3.8) is 0 Å². The second-order valence-electron chi connectivity index (χ2n) is 2.00. The van der Waals surface area contributed by atoms with E-state index in [4.69, 9.17) is 28.9 Å². The van der Waals surface area contributed by atoms with Crippen LogP contribution in [0.15, 0.2) is 12.3 Å². The Morgan fingerprint density at radius 3 is 2.83 bits per heavy atom. The average Bonchev–Trinajstić information content (AvgIpc) is 2.07. The van der Waals surface area contributed by atoms with Crippen LogP contribution in [-0.4, -0.2) is 11.5 Å². The van der Waals surface area contributed by atoms with Crippen molar-refractivity contribution in [1.29, 1.82) is 0 Å². The van der Waals surface area contributed by atoms with Crippen LogP contribution in [0.5, 0.6) is 0 Å². The summed E-state index contributed by atoms with van der Waals surface area (Å²) in [6.07, 6.45) is 1.55. The Hall–Kier alpha value is -0.750. The molecule has 1 aromatic heterocycles.